The van der Waals surface area contributed by atoms with E-state index in [2.05, 4.69) is 5.32 Å². The molecule has 10 nitrogen and oxygen atoms in total. The number of hydrogen-bond donors (Lipinski definition) is 2. The number of amides is 2. The summed E-state index contributed by atoms with van der Waals surface area (Å²) in [7, 11) is 1.48. The number of ether oxygens (including phenoxy) is 2. The van der Waals surface area contributed by atoms with Gasteiger partial charge in [0.05, 0.1) is 19.2 Å². The third kappa shape index (κ3) is 4.26. The van der Waals surface area contributed by atoms with Crippen LogP contribution >= 0.6 is 0 Å². The Morgan fingerprint density at radius 1 is 1.18 bits per heavy atom. The lowest BCUT2D eigenvalue weighted by Gasteiger charge is -2.22. The molecule has 1 aromatic carbocycles. The number of furan rings is 1. The maximum absolute atomic E-state index is 13.4. The number of aryl methyl sites for hydroxylation is 2. The molecule has 0 radical (unpaired) electrons. The number of para-hydroxylation sites is 1. The highest BCUT2D eigenvalue weighted by Gasteiger charge is 2.31. The second kappa shape index (κ2) is 9.82. The van der Waals surface area contributed by atoms with Gasteiger partial charge in [-0.2, -0.15) is 0 Å². The van der Waals surface area contributed by atoms with Gasteiger partial charge in [-0.15, -0.1) is 0 Å². The van der Waals surface area contributed by atoms with E-state index in [1.54, 1.807) is 32.9 Å². The fourth-order valence-electron chi connectivity index (χ4n) is 4.00. The topological polar surface area (TPSA) is 143 Å². The van der Waals surface area contributed by atoms with Gasteiger partial charge in [-0.25, -0.2) is 4.79 Å². The van der Waals surface area contributed by atoms with Gasteiger partial charge in [0.15, 0.2) is 0 Å². The third-order valence-electron chi connectivity index (χ3n) is 5.51. The van der Waals surface area contributed by atoms with Gasteiger partial charge in [0, 0.05) is 11.5 Å². The Morgan fingerprint density at radius 3 is 2.47 bits per heavy atom. The van der Waals surface area contributed by atoms with Crippen LogP contribution in [0.25, 0.3) is 10.9 Å². The fourth-order valence-corrected chi connectivity index (χ4v) is 4.00. The lowest BCUT2D eigenvalue weighted by Crippen LogP contribution is -2.34. The van der Waals surface area contributed by atoms with Crippen LogP contribution in [-0.4, -0.2) is 36.1 Å². The van der Waals surface area contributed by atoms with E-state index in [-0.39, 0.29) is 35.8 Å². The minimum absolute atomic E-state index is 0.0650. The minimum Gasteiger partial charge on any atom is -0.495 e. The number of primary amides is 1. The molecule has 0 saturated carbocycles. The van der Waals surface area contributed by atoms with Crippen molar-refractivity contribution in [2.24, 2.45) is 5.73 Å². The summed E-state index contributed by atoms with van der Waals surface area (Å²) in [5.41, 5.74) is 5.84. The predicted molar refractivity (Wildman–Crippen MR) is 125 cm³/mol. The summed E-state index contributed by atoms with van der Waals surface area (Å²) in [5.74, 6) is -2.19. The average molecular weight is 469 g/mol. The van der Waals surface area contributed by atoms with Crippen LogP contribution in [0.1, 0.15) is 58.3 Å². The summed E-state index contributed by atoms with van der Waals surface area (Å²) >= 11 is 0. The molecule has 0 fully saturated rings. The first kappa shape index (κ1) is 24.6. The molecule has 34 heavy (non-hydrogen) atoms. The smallest absolute Gasteiger partial charge is 0.342 e. The van der Waals surface area contributed by atoms with E-state index in [9.17, 15) is 19.2 Å². The number of nitrogens with one attached hydrogen (secondary N) is 1. The average Bonchev–Trinajstić information content (AvgIpc) is 3.11. The van der Waals surface area contributed by atoms with Gasteiger partial charge in [-0.1, -0.05) is 19.1 Å². The molecule has 0 aliphatic rings. The Kier molecular flexibility index (Phi) is 7.09. The summed E-state index contributed by atoms with van der Waals surface area (Å²) in [6, 6.07) is 5.80. The van der Waals surface area contributed by atoms with Gasteiger partial charge in [0.2, 0.25) is 11.8 Å². The largest absolute Gasteiger partial charge is 0.495 e. The van der Waals surface area contributed by atoms with Gasteiger partial charge in [0.25, 0.3) is 11.5 Å². The number of benzene rings is 1. The van der Waals surface area contributed by atoms with Crippen LogP contribution in [0.2, 0.25) is 0 Å². The summed E-state index contributed by atoms with van der Waals surface area (Å²) < 4.78 is 17.3. The van der Waals surface area contributed by atoms with Crippen molar-refractivity contribution in [2.45, 2.75) is 40.2 Å². The van der Waals surface area contributed by atoms with Crippen molar-refractivity contribution in [3.8, 4) is 5.75 Å². The number of rotatable bonds is 8. The molecular weight excluding hydrogens is 442 g/mol. The number of nitrogens with two attached hydrogens (primary N) is 1. The van der Waals surface area contributed by atoms with E-state index < -0.39 is 29.4 Å². The van der Waals surface area contributed by atoms with E-state index >= 15 is 0 Å². The first-order valence-electron chi connectivity index (χ1n) is 10.8. The molecule has 2 aromatic heterocycles. The van der Waals surface area contributed by atoms with Crippen LogP contribution in [0.15, 0.2) is 33.5 Å². The van der Waals surface area contributed by atoms with E-state index in [0.29, 0.717) is 11.3 Å². The van der Waals surface area contributed by atoms with Gasteiger partial charge in [0.1, 0.15) is 28.7 Å². The van der Waals surface area contributed by atoms with Crippen molar-refractivity contribution in [1.29, 1.82) is 0 Å². The number of aromatic nitrogens is 1. The van der Waals surface area contributed by atoms with E-state index in [0.717, 1.165) is 10.9 Å². The number of hydrogen-bond acceptors (Lipinski definition) is 7. The van der Waals surface area contributed by atoms with Crippen molar-refractivity contribution in [3.05, 3.63) is 57.1 Å². The van der Waals surface area contributed by atoms with Gasteiger partial charge < -0.3 is 19.6 Å². The number of nitrogens with zero attached hydrogens (tertiary/aromatic N) is 1. The van der Waals surface area contributed by atoms with E-state index in [1.165, 1.54) is 24.7 Å². The maximum Gasteiger partial charge on any atom is 0.342 e. The first-order valence-corrected chi connectivity index (χ1v) is 10.8. The molecule has 180 valence electrons. The molecule has 0 bridgehead atoms. The van der Waals surface area contributed by atoms with Crippen molar-refractivity contribution >= 4 is 34.6 Å². The molecule has 10 heteroatoms. The molecule has 2 amide bonds. The van der Waals surface area contributed by atoms with Crippen molar-refractivity contribution < 1.29 is 28.3 Å². The number of anilines is 1. The van der Waals surface area contributed by atoms with Crippen molar-refractivity contribution in [1.82, 2.24) is 4.57 Å². The number of methoxy groups -OCH3 is 1. The molecule has 3 aromatic rings. The summed E-state index contributed by atoms with van der Waals surface area (Å²) in [5, 5.41) is 3.28. The highest BCUT2D eigenvalue weighted by Crippen LogP contribution is 2.31. The third-order valence-corrected chi connectivity index (χ3v) is 5.51. The molecule has 0 spiro atoms. The zero-order chi connectivity index (χ0) is 25.2. The second-order valence-corrected chi connectivity index (χ2v) is 7.63. The SMILES string of the molecule is CCOC(=O)c1c(C)oc(NC(=O)C(CC)n2c(=O)cc(C)c3cccc(OC)c32)c1C(N)=O. The number of pyridine rings is 1. The Hall–Kier alpha value is -4.08. The normalized spacial score (nSPS) is 11.8. The monoisotopic (exact) mass is 469 g/mol. The molecule has 0 saturated heterocycles. The zero-order valence-electron chi connectivity index (χ0n) is 19.7. The van der Waals surface area contributed by atoms with Crippen molar-refractivity contribution in [2.75, 3.05) is 19.0 Å². The molecular formula is C24H27N3O7. The molecule has 0 aliphatic heterocycles. The number of carbonyl (C=O) groups is 3. The Balaban J connectivity index is 2.13. The van der Waals surface area contributed by atoms with Crippen LogP contribution in [0.5, 0.6) is 5.75 Å². The first-order chi connectivity index (χ1) is 16.2. The predicted octanol–water partition coefficient (Wildman–Crippen LogP) is 3.09. The van der Waals surface area contributed by atoms with Gasteiger partial charge in [-0.3, -0.25) is 24.3 Å². The van der Waals surface area contributed by atoms with Crippen molar-refractivity contribution in [3.63, 3.8) is 0 Å². The van der Waals surface area contributed by atoms with Crippen LogP contribution in [-0.2, 0) is 9.53 Å². The van der Waals surface area contributed by atoms with Crippen LogP contribution < -0.4 is 21.3 Å². The quantitative estimate of drug-likeness (QED) is 0.483. The van der Waals surface area contributed by atoms with E-state index in [1.807, 2.05) is 6.07 Å². The van der Waals surface area contributed by atoms with Crippen LogP contribution in [0.4, 0.5) is 5.88 Å². The summed E-state index contributed by atoms with van der Waals surface area (Å²) in [4.78, 5) is 50.9. The summed E-state index contributed by atoms with van der Waals surface area (Å²) in [6.45, 7) is 6.69. The second-order valence-electron chi connectivity index (χ2n) is 7.63. The maximum atomic E-state index is 13.4. The molecule has 2 heterocycles. The Morgan fingerprint density at radius 2 is 1.88 bits per heavy atom. The molecule has 0 aliphatic carbocycles. The molecule has 3 rings (SSSR count). The Labute approximate surface area is 195 Å². The van der Waals surface area contributed by atoms with Gasteiger partial charge >= 0.3 is 5.97 Å². The highest BCUT2D eigenvalue weighted by molar-refractivity contribution is 6.11. The van der Waals surface area contributed by atoms with Crippen LogP contribution in [0, 0.1) is 13.8 Å². The molecule has 3 N–H and O–H groups in total. The van der Waals surface area contributed by atoms with E-state index in [4.69, 9.17) is 19.6 Å². The Bertz CT molecular complexity index is 1340. The minimum atomic E-state index is -0.982. The fraction of sp³-hybridized carbons (Fsp3) is 0.333. The number of carbonyl (C=O) groups excluding carboxylic acids is 3. The summed E-state index contributed by atoms with van der Waals surface area (Å²) in [6.07, 6.45) is 0.234. The standard InChI is InChI=1S/C24H27N3O7/c1-6-15(27-17(28)11-12(3)14-9-8-10-16(32-5)20(14)27)22(30)26-23-19(21(25)29)18(13(4)34-23)24(31)33-7-2/h8-11,15H,6-7H2,1-5H3,(H2,25,29)(H,26,30). The lowest BCUT2D eigenvalue weighted by molar-refractivity contribution is -0.119. The van der Waals surface area contributed by atoms with Gasteiger partial charge in [-0.05, 0) is 38.8 Å². The van der Waals surface area contributed by atoms with Crippen LogP contribution in [0.3, 0.4) is 0 Å². The molecule has 1 atom stereocenters. The molecule has 1 unspecified atom stereocenters. The zero-order valence-corrected chi connectivity index (χ0v) is 19.7. The highest BCUT2D eigenvalue weighted by atomic mass is 16.5. The number of fused-ring (bicyclic) bond motifs is 1. The lowest BCUT2D eigenvalue weighted by atomic mass is 10.1. The number of esters is 1.